The van der Waals surface area contributed by atoms with Crippen LogP contribution in [0.2, 0.25) is 0 Å². The number of aromatic nitrogens is 1. The molecule has 19 heavy (non-hydrogen) atoms. The van der Waals surface area contributed by atoms with E-state index in [0.717, 1.165) is 42.0 Å². The number of rotatable bonds is 1. The molecule has 1 aromatic carbocycles. The number of fused-ring (bicyclic) bond motifs is 1. The standard InChI is InChI=1S/C14H16BrN3.ClH/c1-10-8-11-9-12(15)2-3-13(11)17-14(10)18-6-4-16-5-7-18;/h2-3,8-9,16H,4-7H2,1H3;1H. The Morgan fingerprint density at radius 3 is 2.68 bits per heavy atom. The summed E-state index contributed by atoms with van der Waals surface area (Å²) in [6, 6.07) is 8.47. The summed E-state index contributed by atoms with van der Waals surface area (Å²) in [4.78, 5) is 7.19. The number of nitrogens with one attached hydrogen (secondary N) is 1. The SMILES string of the molecule is Cc1cc2cc(Br)ccc2nc1N1CCNCC1.Cl. The highest BCUT2D eigenvalue weighted by atomic mass is 79.9. The molecule has 0 aliphatic carbocycles. The van der Waals surface area contributed by atoms with Gasteiger partial charge in [0.2, 0.25) is 0 Å². The van der Waals surface area contributed by atoms with E-state index in [1.54, 1.807) is 0 Å². The summed E-state index contributed by atoms with van der Waals surface area (Å²) in [5.74, 6) is 1.13. The predicted molar refractivity (Wildman–Crippen MR) is 86.5 cm³/mol. The molecule has 0 radical (unpaired) electrons. The summed E-state index contributed by atoms with van der Waals surface area (Å²) in [6.45, 7) is 6.30. The Hall–Kier alpha value is -0.840. The third-order valence-corrected chi connectivity index (χ3v) is 3.85. The summed E-state index contributed by atoms with van der Waals surface area (Å²) in [6.07, 6.45) is 0. The number of halogens is 2. The minimum Gasteiger partial charge on any atom is -0.354 e. The molecule has 2 heterocycles. The van der Waals surface area contributed by atoms with Gasteiger partial charge in [-0.1, -0.05) is 15.9 Å². The molecule has 1 aliphatic heterocycles. The molecule has 102 valence electrons. The van der Waals surface area contributed by atoms with Crippen molar-refractivity contribution in [3.8, 4) is 0 Å². The second-order valence-corrected chi connectivity index (χ2v) is 5.62. The molecule has 1 aliphatic rings. The second kappa shape index (κ2) is 6.07. The van der Waals surface area contributed by atoms with Gasteiger partial charge in [0.25, 0.3) is 0 Å². The highest BCUT2D eigenvalue weighted by Gasteiger charge is 2.14. The van der Waals surface area contributed by atoms with Gasteiger partial charge in [0.05, 0.1) is 5.52 Å². The maximum Gasteiger partial charge on any atom is 0.132 e. The van der Waals surface area contributed by atoms with Crippen LogP contribution >= 0.6 is 28.3 Å². The molecule has 3 nitrogen and oxygen atoms in total. The molecule has 0 atom stereocenters. The molecule has 0 saturated carbocycles. The molecule has 1 saturated heterocycles. The average molecular weight is 343 g/mol. The summed E-state index contributed by atoms with van der Waals surface area (Å²) < 4.78 is 1.10. The lowest BCUT2D eigenvalue weighted by Gasteiger charge is -2.29. The van der Waals surface area contributed by atoms with Gasteiger partial charge < -0.3 is 10.2 Å². The van der Waals surface area contributed by atoms with E-state index in [2.05, 4.69) is 51.3 Å². The normalized spacial score (nSPS) is 15.4. The number of hydrogen-bond acceptors (Lipinski definition) is 3. The summed E-state index contributed by atoms with van der Waals surface area (Å²) in [7, 11) is 0. The zero-order chi connectivity index (χ0) is 12.5. The highest BCUT2D eigenvalue weighted by molar-refractivity contribution is 9.10. The van der Waals surface area contributed by atoms with Crippen molar-refractivity contribution in [1.29, 1.82) is 0 Å². The minimum absolute atomic E-state index is 0. The fourth-order valence-electron chi connectivity index (χ4n) is 2.44. The van der Waals surface area contributed by atoms with Crippen LogP contribution < -0.4 is 10.2 Å². The fourth-order valence-corrected chi connectivity index (χ4v) is 2.82. The van der Waals surface area contributed by atoms with E-state index in [-0.39, 0.29) is 12.4 Å². The summed E-state index contributed by atoms with van der Waals surface area (Å²) >= 11 is 3.51. The topological polar surface area (TPSA) is 28.2 Å². The van der Waals surface area contributed by atoms with Crippen LogP contribution in [0.15, 0.2) is 28.7 Å². The van der Waals surface area contributed by atoms with Crippen molar-refractivity contribution in [2.24, 2.45) is 0 Å². The molecular formula is C14H17BrClN3. The molecule has 1 N–H and O–H groups in total. The van der Waals surface area contributed by atoms with Crippen LogP contribution in [0.1, 0.15) is 5.56 Å². The number of benzene rings is 1. The maximum absolute atomic E-state index is 4.82. The number of pyridine rings is 1. The highest BCUT2D eigenvalue weighted by Crippen LogP contribution is 2.25. The Balaban J connectivity index is 0.00000133. The largest absolute Gasteiger partial charge is 0.354 e. The Morgan fingerprint density at radius 2 is 1.95 bits per heavy atom. The number of nitrogens with zero attached hydrogens (tertiary/aromatic N) is 2. The van der Waals surface area contributed by atoms with Crippen LogP contribution in [0.25, 0.3) is 10.9 Å². The lowest BCUT2D eigenvalue weighted by Crippen LogP contribution is -2.44. The second-order valence-electron chi connectivity index (χ2n) is 4.70. The molecule has 1 fully saturated rings. The molecule has 0 unspecified atom stereocenters. The van der Waals surface area contributed by atoms with Crippen molar-refractivity contribution in [3.05, 3.63) is 34.3 Å². The first-order valence-corrected chi connectivity index (χ1v) is 7.06. The van der Waals surface area contributed by atoms with E-state index in [0.29, 0.717) is 0 Å². The van der Waals surface area contributed by atoms with Gasteiger partial charge >= 0.3 is 0 Å². The van der Waals surface area contributed by atoms with Gasteiger partial charge in [0.15, 0.2) is 0 Å². The minimum atomic E-state index is 0. The van der Waals surface area contributed by atoms with Gasteiger partial charge in [0.1, 0.15) is 5.82 Å². The zero-order valence-electron chi connectivity index (χ0n) is 10.8. The predicted octanol–water partition coefficient (Wildman–Crippen LogP) is 3.14. The van der Waals surface area contributed by atoms with Crippen LogP contribution in [0.4, 0.5) is 5.82 Å². The van der Waals surface area contributed by atoms with E-state index < -0.39 is 0 Å². The molecule has 0 bridgehead atoms. The van der Waals surface area contributed by atoms with Crippen molar-refractivity contribution in [1.82, 2.24) is 10.3 Å². The number of anilines is 1. The number of piperazine rings is 1. The third kappa shape index (κ3) is 3.02. The first kappa shape index (κ1) is 14.6. The number of hydrogen-bond donors (Lipinski definition) is 1. The summed E-state index contributed by atoms with van der Waals surface area (Å²) in [5, 5.41) is 4.57. The molecule has 1 aromatic heterocycles. The monoisotopic (exact) mass is 341 g/mol. The Morgan fingerprint density at radius 1 is 1.21 bits per heavy atom. The first-order valence-electron chi connectivity index (χ1n) is 6.26. The van der Waals surface area contributed by atoms with Gasteiger partial charge in [-0.25, -0.2) is 4.98 Å². The van der Waals surface area contributed by atoms with Crippen molar-refractivity contribution < 1.29 is 0 Å². The fraction of sp³-hybridized carbons (Fsp3) is 0.357. The average Bonchev–Trinajstić information content (AvgIpc) is 2.39. The van der Waals surface area contributed by atoms with Gasteiger partial charge in [-0.05, 0) is 36.8 Å². The van der Waals surface area contributed by atoms with E-state index in [9.17, 15) is 0 Å². The van der Waals surface area contributed by atoms with Crippen molar-refractivity contribution in [3.63, 3.8) is 0 Å². The van der Waals surface area contributed by atoms with Crippen LogP contribution in [-0.2, 0) is 0 Å². The van der Waals surface area contributed by atoms with Crippen LogP contribution in [-0.4, -0.2) is 31.2 Å². The lowest BCUT2D eigenvalue weighted by molar-refractivity contribution is 0.584. The Kier molecular flexibility index (Phi) is 4.66. The molecule has 2 aromatic rings. The van der Waals surface area contributed by atoms with Crippen LogP contribution in [0, 0.1) is 6.92 Å². The smallest absolute Gasteiger partial charge is 0.132 e. The van der Waals surface area contributed by atoms with Crippen molar-refractivity contribution in [2.75, 3.05) is 31.1 Å². The van der Waals surface area contributed by atoms with E-state index in [4.69, 9.17) is 4.98 Å². The van der Waals surface area contributed by atoms with E-state index in [1.165, 1.54) is 10.9 Å². The first-order chi connectivity index (χ1) is 8.74. The Bertz CT molecular complexity index is 582. The van der Waals surface area contributed by atoms with Crippen molar-refractivity contribution >= 4 is 45.1 Å². The lowest BCUT2D eigenvalue weighted by atomic mass is 10.1. The van der Waals surface area contributed by atoms with Gasteiger partial charge in [-0.2, -0.15) is 0 Å². The molecule has 3 rings (SSSR count). The quantitative estimate of drug-likeness (QED) is 0.863. The van der Waals surface area contributed by atoms with Gasteiger partial charge in [-0.3, -0.25) is 0 Å². The van der Waals surface area contributed by atoms with Crippen molar-refractivity contribution in [2.45, 2.75) is 6.92 Å². The molecule has 5 heteroatoms. The summed E-state index contributed by atoms with van der Waals surface area (Å²) in [5.41, 5.74) is 2.32. The van der Waals surface area contributed by atoms with Crippen LogP contribution in [0.3, 0.4) is 0 Å². The van der Waals surface area contributed by atoms with Crippen LogP contribution in [0.5, 0.6) is 0 Å². The third-order valence-electron chi connectivity index (χ3n) is 3.36. The van der Waals surface area contributed by atoms with E-state index >= 15 is 0 Å². The van der Waals surface area contributed by atoms with E-state index in [1.807, 2.05) is 6.07 Å². The molecular weight excluding hydrogens is 326 g/mol. The molecule has 0 amide bonds. The van der Waals surface area contributed by atoms with Gasteiger partial charge in [0, 0.05) is 36.0 Å². The maximum atomic E-state index is 4.82. The number of aryl methyl sites for hydroxylation is 1. The molecule has 0 spiro atoms. The Labute approximate surface area is 127 Å². The zero-order valence-corrected chi connectivity index (χ0v) is 13.2. The van der Waals surface area contributed by atoms with Gasteiger partial charge in [-0.15, -0.1) is 12.4 Å².